The molecule has 8 nitrogen and oxygen atoms in total. The van der Waals surface area contributed by atoms with Crippen LogP contribution in [0.3, 0.4) is 0 Å². The number of rotatable bonds is 8. The first-order valence-corrected chi connectivity index (χ1v) is 5.94. The van der Waals surface area contributed by atoms with Crippen molar-refractivity contribution < 1.29 is 19.7 Å². The minimum absolute atomic E-state index is 0.118. The number of phenolic OH excluding ortho intramolecular Hbond substituents is 1. The summed E-state index contributed by atoms with van der Waals surface area (Å²) < 4.78 is 4.90. The quantitative estimate of drug-likeness (QED) is 0.289. The molecule has 3 N–H and O–H groups in total. The average Bonchev–Trinajstić information content (AvgIpc) is 2.42. The zero-order chi connectivity index (χ0) is 15.0. The summed E-state index contributed by atoms with van der Waals surface area (Å²) >= 11 is 0. The van der Waals surface area contributed by atoms with Gasteiger partial charge in [0, 0.05) is 11.5 Å². The number of phenols is 1. The van der Waals surface area contributed by atoms with Crippen LogP contribution in [0.5, 0.6) is 11.5 Å². The smallest absolute Gasteiger partial charge is 0.325 e. The molecule has 0 aliphatic rings. The molecule has 0 heterocycles. The van der Waals surface area contributed by atoms with E-state index in [2.05, 4.69) is 15.3 Å². The number of azide groups is 1. The van der Waals surface area contributed by atoms with Gasteiger partial charge in [-0.05, 0) is 36.2 Å². The number of ether oxygens (including phenoxy) is 1. The summed E-state index contributed by atoms with van der Waals surface area (Å²) in [4.78, 5) is 13.8. The van der Waals surface area contributed by atoms with Gasteiger partial charge in [-0.1, -0.05) is 11.2 Å². The molecule has 0 aromatic heterocycles. The van der Waals surface area contributed by atoms with Gasteiger partial charge < -0.3 is 20.3 Å². The molecule has 0 radical (unpaired) electrons. The largest absolute Gasteiger partial charge is 0.504 e. The number of nitrogens with one attached hydrogen (secondary N) is 1. The van der Waals surface area contributed by atoms with Gasteiger partial charge in [0.2, 0.25) is 0 Å². The van der Waals surface area contributed by atoms with E-state index < -0.39 is 12.0 Å². The van der Waals surface area contributed by atoms with E-state index in [-0.39, 0.29) is 11.5 Å². The van der Waals surface area contributed by atoms with Crippen LogP contribution in [0.2, 0.25) is 0 Å². The van der Waals surface area contributed by atoms with Gasteiger partial charge >= 0.3 is 5.97 Å². The summed E-state index contributed by atoms with van der Waals surface area (Å²) in [5, 5.41) is 25.0. The van der Waals surface area contributed by atoms with Gasteiger partial charge in [0.05, 0.1) is 7.11 Å². The van der Waals surface area contributed by atoms with Gasteiger partial charge in [-0.3, -0.25) is 4.79 Å². The van der Waals surface area contributed by atoms with Crippen molar-refractivity contribution in [3.05, 3.63) is 34.2 Å². The van der Waals surface area contributed by atoms with Gasteiger partial charge in [-0.15, -0.1) is 0 Å². The van der Waals surface area contributed by atoms with Crippen molar-refractivity contribution in [1.29, 1.82) is 0 Å². The zero-order valence-corrected chi connectivity index (χ0v) is 11.0. The van der Waals surface area contributed by atoms with Crippen LogP contribution in [0.25, 0.3) is 10.4 Å². The highest BCUT2D eigenvalue weighted by atomic mass is 16.5. The fourth-order valence-corrected chi connectivity index (χ4v) is 1.68. The molecule has 0 amide bonds. The first-order valence-electron chi connectivity index (χ1n) is 5.94. The van der Waals surface area contributed by atoms with Gasteiger partial charge in [0.15, 0.2) is 11.5 Å². The third-order valence-corrected chi connectivity index (χ3v) is 2.63. The molecule has 8 heteroatoms. The minimum Gasteiger partial charge on any atom is -0.504 e. The zero-order valence-electron chi connectivity index (χ0n) is 11.0. The monoisotopic (exact) mass is 280 g/mol. The number of aliphatic carboxylic acids is 1. The summed E-state index contributed by atoms with van der Waals surface area (Å²) in [5.41, 5.74) is 8.54. The number of aromatic hydroxyl groups is 1. The van der Waals surface area contributed by atoms with Crippen molar-refractivity contribution in [2.45, 2.75) is 12.5 Å². The number of benzene rings is 1. The topological polar surface area (TPSA) is 128 Å². The van der Waals surface area contributed by atoms with Crippen LogP contribution in [-0.2, 0) is 4.79 Å². The van der Waals surface area contributed by atoms with Crippen molar-refractivity contribution in [3.63, 3.8) is 0 Å². The summed E-state index contributed by atoms with van der Waals surface area (Å²) in [6.07, 6.45) is 0.524. The minimum atomic E-state index is -1.06. The maximum absolute atomic E-state index is 11.2. The normalized spacial score (nSPS) is 11.4. The Kier molecular flexibility index (Phi) is 6.15. The van der Waals surface area contributed by atoms with Gasteiger partial charge in [-0.25, -0.2) is 0 Å². The molecule has 1 atom stereocenters. The van der Waals surface area contributed by atoms with Crippen LogP contribution in [0.4, 0.5) is 0 Å². The molecule has 1 rings (SSSR count). The van der Waals surface area contributed by atoms with Crippen molar-refractivity contribution in [2.75, 3.05) is 20.2 Å². The fraction of sp³-hybridized carbons (Fsp3) is 0.417. The van der Waals surface area contributed by atoms with Crippen LogP contribution in [0.15, 0.2) is 23.3 Å². The number of carboxylic acid groups (broad SMARTS) is 1. The maximum atomic E-state index is 11.2. The Hall–Kier alpha value is -2.44. The molecule has 0 saturated heterocycles. The first-order chi connectivity index (χ1) is 9.60. The predicted molar refractivity (Wildman–Crippen MR) is 71.7 cm³/mol. The van der Waals surface area contributed by atoms with Gasteiger partial charge in [0.25, 0.3) is 0 Å². The van der Waals surface area contributed by atoms with E-state index >= 15 is 0 Å². The van der Waals surface area contributed by atoms with E-state index in [9.17, 15) is 15.0 Å². The second-order valence-corrected chi connectivity index (χ2v) is 3.96. The molecule has 0 bridgehead atoms. The van der Waals surface area contributed by atoms with E-state index in [1.54, 1.807) is 6.07 Å². The maximum Gasteiger partial charge on any atom is 0.325 e. The highest BCUT2D eigenvalue weighted by molar-refractivity contribution is 5.76. The molecule has 0 aliphatic carbocycles. The third kappa shape index (κ3) is 4.34. The van der Waals surface area contributed by atoms with Gasteiger partial charge in [-0.2, -0.15) is 0 Å². The first kappa shape index (κ1) is 15.6. The SMILES string of the molecule is COc1ccc(C(NCCCN=[N+]=[N-])C(=O)O)cc1O. The van der Waals surface area contributed by atoms with E-state index in [1.165, 1.54) is 19.2 Å². The Morgan fingerprint density at radius 1 is 1.60 bits per heavy atom. The molecule has 20 heavy (non-hydrogen) atoms. The lowest BCUT2D eigenvalue weighted by Crippen LogP contribution is -2.29. The lowest BCUT2D eigenvalue weighted by atomic mass is 10.1. The number of nitrogens with zero attached hydrogens (tertiary/aromatic N) is 3. The number of hydrogen-bond acceptors (Lipinski definition) is 5. The molecular weight excluding hydrogens is 264 g/mol. The molecule has 0 aliphatic heterocycles. The van der Waals surface area contributed by atoms with Crippen LogP contribution < -0.4 is 10.1 Å². The third-order valence-electron chi connectivity index (χ3n) is 2.63. The molecule has 1 aromatic carbocycles. The van der Waals surface area contributed by atoms with E-state index in [0.29, 0.717) is 25.1 Å². The Morgan fingerprint density at radius 3 is 2.90 bits per heavy atom. The molecule has 0 fully saturated rings. The Morgan fingerprint density at radius 2 is 2.35 bits per heavy atom. The molecular formula is C12H16N4O4. The Balaban J connectivity index is 2.73. The molecule has 0 saturated carbocycles. The highest BCUT2D eigenvalue weighted by Gasteiger charge is 2.20. The molecule has 108 valence electrons. The Bertz CT molecular complexity index is 514. The Labute approximate surface area is 115 Å². The van der Waals surface area contributed by atoms with Crippen LogP contribution in [-0.4, -0.2) is 36.4 Å². The molecule has 0 spiro atoms. The van der Waals surface area contributed by atoms with Crippen LogP contribution in [0, 0.1) is 0 Å². The standard InChI is InChI=1S/C12H16N4O4/c1-20-10-4-3-8(7-9(10)17)11(12(18)19)14-5-2-6-15-16-13/h3-4,7,11,14,17H,2,5-6H2,1H3,(H,18,19). The lowest BCUT2D eigenvalue weighted by Gasteiger charge is -2.15. The second kappa shape index (κ2) is 7.88. The van der Waals surface area contributed by atoms with Crippen molar-refractivity contribution in [1.82, 2.24) is 5.32 Å². The van der Waals surface area contributed by atoms with Crippen LogP contribution in [0.1, 0.15) is 18.0 Å². The summed E-state index contributed by atoms with van der Waals surface area (Å²) in [7, 11) is 1.41. The van der Waals surface area contributed by atoms with Crippen LogP contribution >= 0.6 is 0 Å². The van der Waals surface area contributed by atoms with E-state index in [1.807, 2.05) is 0 Å². The summed E-state index contributed by atoms with van der Waals surface area (Å²) in [6, 6.07) is 3.47. The van der Waals surface area contributed by atoms with Crippen molar-refractivity contribution in [3.8, 4) is 11.5 Å². The lowest BCUT2D eigenvalue weighted by molar-refractivity contribution is -0.139. The number of carboxylic acids is 1. The van der Waals surface area contributed by atoms with Crippen molar-refractivity contribution >= 4 is 5.97 Å². The molecule has 1 unspecified atom stereocenters. The fourth-order valence-electron chi connectivity index (χ4n) is 1.68. The number of methoxy groups -OCH3 is 1. The van der Waals surface area contributed by atoms with E-state index in [0.717, 1.165) is 0 Å². The molecule has 1 aromatic rings. The predicted octanol–water partition coefficient (Wildman–Crippen LogP) is 1.82. The highest BCUT2D eigenvalue weighted by Crippen LogP contribution is 2.28. The van der Waals surface area contributed by atoms with Crippen molar-refractivity contribution in [2.24, 2.45) is 5.11 Å². The number of carbonyl (C=O) groups is 1. The second-order valence-electron chi connectivity index (χ2n) is 3.96. The van der Waals surface area contributed by atoms with Gasteiger partial charge in [0.1, 0.15) is 6.04 Å². The summed E-state index contributed by atoms with van der Waals surface area (Å²) in [5.74, 6) is -0.897. The summed E-state index contributed by atoms with van der Waals surface area (Å²) in [6.45, 7) is 0.673. The average molecular weight is 280 g/mol. The number of hydrogen-bond donors (Lipinski definition) is 3. The van der Waals surface area contributed by atoms with E-state index in [4.69, 9.17) is 10.3 Å².